The van der Waals surface area contributed by atoms with Gasteiger partial charge in [0.2, 0.25) is 5.91 Å². The highest BCUT2D eigenvalue weighted by Crippen LogP contribution is 2.26. The second kappa shape index (κ2) is 6.17. The Labute approximate surface area is 107 Å². The van der Waals surface area contributed by atoms with Crippen LogP contribution in [-0.4, -0.2) is 11.9 Å². The Morgan fingerprint density at radius 3 is 2.65 bits per heavy atom. The zero-order valence-corrected chi connectivity index (χ0v) is 11.9. The molecule has 1 rings (SSSR count). The maximum absolute atomic E-state index is 11.8. The van der Waals surface area contributed by atoms with E-state index in [0.717, 1.165) is 12.8 Å². The molecule has 0 aromatic carbocycles. The van der Waals surface area contributed by atoms with Crippen LogP contribution in [0, 0.1) is 13.8 Å². The molecule has 0 aliphatic carbocycles. The van der Waals surface area contributed by atoms with Crippen molar-refractivity contribution in [3.63, 3.8) is 0 Å². The fourth-order valence-electron chi connectivity index (χ4n) is 1.92. The van der Waals surface area contributed by atoms with E-state index in [1.165, 1.54) is 15.3 Å². The summed E-state index contributed by atoms with van der Waals surface area (Å²) in [6.45, 7) is 8.20. The van der Waals surface area contributed by atoms with Crippen molar-refractivity contribution in [2.24, 2.45) is 5.73 Å². The molecule has 0 fully saturated rings. The first-order chi connectivity index (χ1) is 7.95. The number of nitrogens with two attached hydrogens (primary N) is 1. The predicted octanol–water partition coefficient (Wildman–Crippen LogP) is 2.67. The van der Waals surface area contributed by atoms with Crippen LogP contribution in [0.15, 0.2) is 6.07 Å². The molecule has 0 radical (unpaired) electrons. The first kappa shape index (κ1) is 14.2. The van der Waals surface area contributed by atoms with Gasteiger partial charge in [0.25, 0.3) is 0 Å². The van der Waals surface area contributed by atoms with Crippen LogP contribution in [-0.2, 0) is 4.79 Å². The van der Waals surface area contributed by atoms with Crippen molar-refractivity contribution in [1.82, 2.24) is 5.32 Å². The summed E-state index contributed by atoms with van der Waals surface area (Å²) in [6, 6.07) is 1.79. The van der Waals surface area contributed by atoms with Crippen molar-refractivity contribution >= 4 is 17.2 Å². The minimum Gasteiger partial charge on any atom is -0.348 e. The van der Waals surface area contributed by atoms with Crippen molar-refractivity contribution < 1.29 is 4.79 Å². The second-order valence-electron chi connectivity index (χ2n) is 4.49. The standard InChI is InChI=1S/C13H22N2OS/c1-5-6-12(14)13(16)15-9(3)11-7-8(2)17-10(11)4/h7,9,12H,5-6,14H2,1-4H3,(H,15,16)/t9-,12-/m1/s1. The predicted molar refractivity (Wildman–Crippen MR) is 73.2 cm³/mol. The Bertz CT molecular complexity index is 387. The maximum Gasteiger partial charge on any atom is 0.237 e. The summed E-state index contributed by atoms with van der Waals surface area (Å²) >= 11 is 1.76. The molecule has 0 saturated carbocycles. The average Bonchev–Trinajstić information content (AvgIpc) is 2.58. The Hall–Kier alpha value is -0.870. The van der Waals surface area contributed by atoms with Gasteiger partial charge in [-0.05, 0) is 38.8 Å². The molecule has 0 saturated heterocycles. The number of hydrogen-bond donors (Lipinski definition) is 2. The SMILES string of the molecule is CCC[C@@H](N)C(=O)N[C@H](C)c1cc(C)sc1C. The van der Waals surface area contributed by atoms with E-state index in [-0.39, 0.29) is 18.0 Å². The van der Waals surface area contributed by atoms with Gasteiger partial charge in [-0.3, -0.25) is 4.79 Å². The van der Waals surface area contributed by atoms with Crippen LogP contribution in [0.2, 0.25) is 0 Å². The average molecular weight is 254 g/mol. The van der Waals surface area contributed by atoms with E-state index in [1.54, 1.807) is 11.3 Å². The molecular weight excluding hydrogens is 232 g/mol. The van der Waals surface area contributed by atoms with Crippen molar-refractivity contribution in [1.29, 1.82) is 0 Å². The number of nitrogens with one attached hydrogen (secondary N) is 1. The Kier molecular flexibility index (Phi) is 5.15. The van der Waals surface area contributed by atoms with Gasteiger partial charge in [0.15, 0.2) is 0 Å². The number of thiophene rings is 1. The summed E-state index contributed by atoms with van der Waals surface area (Å²) in [5, 5.41) is 2.98. The van der Waals surface area contributed by atoms with Gasteiger partial charge in [0.05, 0.1) is 12.1 Å². The third-order valence-electron chi connectivity index (χ3n) is 2.84. The van der Waals surface area contributed by atoms with Crippen molar-refractivity contribution in [2.45, 2.75) is 52.6 Å². The van der Waals surface area contributed by atoms with Crippen LogP contribution in [0.3, 0.4) is 0 Å². The topological polar surface area (TPSA) is 55.1 Å². The lowest BCUT2D eigenvalue weighted by molar-refractivity contribution is -0.123. The molecule has 0 aliphatic heterocycles. The summed E-state index contributed by atoms with van der Waals surface area (Å²) in [5.74, 6) is -0.0531. The number of aryl methyl sites for hydroxylation is 2. The Morgan fingerprint density at radius 2 is 2.18 bits per heavy atom. The minimum atomic E-state index is -0.387. The molecule has 0 aliphatic rings. The molecule has 0 unspecified atom stereocenters. The molecule has 1 heterocycles. The summed E-state index contributed by atoms with van der Waals surface area (Å²) in [5.41, 5.74) is 6.99. The Balaban J connectivity index is 2.63. The molecule has 2 atom stereocenters. The highest BCUT2D eigenvalue weighted by molar-refractivity contribution is 7.12. The lowest BCUT2D eigenvalue weighted by Gasteiger charge is -2.17. The zero-order chi connectivity index (χ0) is 13.0. The van der Waals surface area contributed by atoms with E-state index in [2.05, 4.69) is 25.2 Å². The van der Waals surface area contributed by atoms with E-state index in [0.29, 0.717) is 0 Å². The first-order valence-electron chi connectivity index (χ1n) is 6.08. The second-order valence-corrected chi connectivity index (χ2v) is 5.95. The largest absolute Gasteiger partial charge is 0.348 e. The third kappa shape index (κ3) is 3.82. The normalized spacial score (nSPS) is 14.4. The van der Waals surface area contributed by atoms with Gasteiger partial charge in [-0.1, -0.05) is 13.3 Å². The molecule has 0 spiro atoms. The highest BCUT2D eigenvalue weighted by Gasteiger charge is 2.17. The minimum absolute atomic E-state index is 0.0374. The number of carbonyl (C=O) groups excluding carboxylic acids is 1. The van der Waals surface area contributed by atoms with Crippen LogP contribution in [0.4, 0.5) is 0 Å². The molecule has 17 heavy (non-hydrogen) atoms. The lowest BCUT2D eigenvalue weighted by Crippen LogP contribution is -2.41. The van der Waals surface area contributed by atoms with Crippen molar-refractivity contribution in [3.05, 3.63) is 21.4 Å². The quantitative estimate of drug-likeness (QED) is 0.848. The summed E-state index contributed by atoms with van der Waals surface area (Å²) in [6.07, 6.45) is 1.67. The summed E-state index contributed by atoms with van der Waals surface area (Å²) in [7, 11) is 0. The summed E-state index contributed by atoms with van der Waals surface area (Å²) < 4.78 is 0. The van der Waals surface area contributed by atoms with E-state index < -0.39 is 0 Å². The van der Waals surface area contributed by atoms with E-state index >= 15 is 0 Å². The number of rotatable bonds is 5. The van der Waals surface area contributed by atoms with Gasteiger partial charge in [0.1, 0.15) is 0 Å². The highest BCUT2D eigenvalue weighted by atomic mass is 32.1. The molecule has 0 bridgehead atoms. The number of amides is 1. The Morgan fingerprint density at radius 1 is 1.53 bits per heavy atom. The van der Waals surface area contributed by atoms with E-state index in [4.69, 9.17) is 5.73 Å². The van der Waals surface area contributed by atoms with Crippen molar-refractivity contribution in [3.8, 4) is 0 Å². The molecule has 3 nitrogen and oxygen atoms in total. The monoisotopic (exact) mass is 254 g/mol. The molecule has 1 aromatic heterocycles. The van der Waals surface area contributed by atoms with Gasteiger partial charge in [-0.2, -0.15) is 0 Å². The molecule has 1 aromatic rings. The molecule has 96 valence electrons. The summed E-state index contributed by atoms with van der Waals surface area (Å²) in [4.78, 5) is 14.3. The van der Waals surface area contributed by atoms with Crippen LogP contribution in [0.1, 0.15) is 48.0 Å². The smallest absolute Gasteiger partial charge is 0.237 e. The fraction of sp³-hybridized carbons (Fsp3) is 0.615. The van der Waals surface area contributed by atoms with Gasteiger partial charge < -0.3 is 11.1 Å². The van der Waals surface area contributed by atoms with Gasteiger partial charge >= 0.3 is 0 Å². The van der Waals surface area contributed by atoms with Crippen LogP contribution in [0.25, 0.3) is 0 Å². The van der Waals surface area contributed by atoms with Gasteiger partial charge in [-0.25, -0.2) is 0 Å². The molecular formula is C13H22N2OS. The lowest BCUT2D eigenvalue weighted by atomic mass is 10.1. The third-order valence-corrected chi connectivity index (χ3v) is 3.82. The molecule has 4 heteroatoms. The molecule has 1 amide bonds. The fourth-order valence-corrected chi connectivity index (χ4v) is 2.94. The van der Waals surface area contributed by atoms with Crippen LogP contribution >= 0.6 is 11.3 Å². The van der Waals surface area contributed by atoms with Gasteiger partial charge in [0, 0.05) is 9.75 Å². The first-order valence-corrected chi connectivity index (χ1v) is 6.90. The van der Waals surface area contributed by atoms with E-state index in [9.17, 15) is 4.79 Å². The number of hydrogen-bond acceptors (Lipinski definition) is 3. The molecule has 3 N–H and O–H groups in total. The van der Waals surface area contributed by atoms with E-state index in [1.807, 2.05) is 13.8 Å². The van der Waals surface area contributed by atoms with Crippen LogP contribution < -0.4 is 11.1 Å². The van der Waals surface area contributed by atoms with Gasteiger partial charge in [-0.15, -0.1) is 11.3 Å². The van der Waals surface area contributed by atoms with Crippen LogP contribution in [0.5, 0.6) is 0 Å². The van der Waals surface area contributed by atoms with Crippen molar-refractivity contribution in [2.75, 3.05) is 0 Å². The number of carbonyl (C=O) groups is 1. The zero-order valence-electron chi connectivity index (χ0n) is 11.0. The maximum atomic E-state index is 11.8.